The van der Waals surface area contributed by atoms with E-state index in [-0.39, 0.29) is 18.7 Å². The van der Waals surface area contributed by atoms with Crippen molar-refractivity contribution in [2.75, 3.05) is 7.05 Å². The lowest BCUT2D eigenvalue weighted by molar-refractivity contribution is -0.138. The summed E-state index contributed by atoms with van der Waals surface area (Å²) in [5.74, 6) is -2.25. The highest BCUT2D eigenvalue weighted by molar-refractivity contribution is 6.06. The SMILES string of the molecule is CN1C(=O)CC(NC(=O)C(N)CC(N)=O)C1=O. The fraction of sp³-hybridized carbons (Fsp3) is 0.556. The molecular weight excluding hydrogens is 228 g/mol. The van der Waals surface area contributed by atoms with E-state index in [1.165, 1.54) is 7.05 Å². The first kappa shape index (κ1) is 13.1. The second kappa shape index (κ2) is 4.91. The van der Waals surface area contributed by atoms with E-state index in [2.05, 4.69) is 5.32 Å². The zero-order valence-electron chi connectivity index (χ0n) is 9.30. The number of nitrogens with zero attached hydrogens (tertiary/aromatic N) is 1. The maximum atomic E-state index is 11.5. The highest BCUT2D eigenvalue weighted by Crippen LogP contribution is 2.10. The molecule has 0 aromatic heterocycles. The van der Waals surface area contributed by atoms with Crippen LogP contribution in [0.15, 0.2) is 0 Å². The summed E-state index contributed by atoms with van der Waals surface area (Å²) in [5.41, 5.74) is 10.3. The van der Waals surface area contributed by atoms with Gasteiger partial charge in [0.15, 0.2) is 0 Å². The molecule has 1 rings (SSSR count). The van der Waals surface area contributed by atoms with Gasteiger partial charge in [-0.2, -0.15) is 0 Å². The largest absolute Gasteiger partial charge is 0.370 e. The van der Waals surface area contributed by atoms with Crippen LogP contribution in [0.25, 0.3) is 0 Å². The van der Waals surface area contributed by atoms with Crippen LogP contribution in [-0.4, -0.2) is 47.7 Å². The first-order valence-corrected chi connectivity index (χ1v) is 4.97. The summed E-state index contributed by atoms with van der Waals surface area (Å²) in [6.07, 6.45) is -0.402. The van der Waals surface area contributed by atoms with Crippen LogP contribution in [0.3, 0.4) is 0 Å². The van der Waals surface area contributed by atoms with E-state index in [0.29, 0.717) is 0 Å². The molecule has 1 saturated heterocycles. The molecule has 0 saturated carbocycles. The van der Waals surface area contributed by atoms with E-state index >= 15 is 0 Å². The van der Waals surface area contributed by atoms with Crippen molar-refractivity contribution in [3.63, 3.8) is 0 Å². The lowest BCUT2D eigenvalue weighted by Gasteiger charge is -2.14. The van der Waals surface area contributed by atoms with Gasteiger partial charge in [0.25, 0.3) is 5.91 Å². The van der Waals surface area contributed by atoms with Gasteiger partial charge in [-0.15, -0.1) is 0 Å². The quantitative estimate of drug-likeness (QED) is 0.453. The molecule has 2 unspecified atom stereocenters. The minimum atomic E-state index is -1.11. The van der Waals surface area contributed by atoms with Gasteiger partial charge in [-0.25, -0.2) is 0 Å². The van der Waals surface area contributed by atoms with E-state index < -0.39 is 29.8 Å². The van der Waals surface area contributed by atoms with Gasteiger partial charge in [-0.05, 0) is 0 Å². The van der Waals surface area contributed by atoms with Gasteiger partial charge in [-0.1, -0.05) is 0 Å². The average molecular weight is 242 g/mol. The van der Waals surface area contributed by atoms with E-state index in [4.69, 9.17) is 11.5 Å². The third kappa shape index (κ3) is 3.00. The monoisotopic (exact) mass is 242 g/mol. The highest BCUT2D eigenvalue weighted by Gasteiger charge is 2.37. The molecule has 0 aromatic carbocycles. The Hall–Kier alpha value is -1.96. The highest BCUT2D eigenvalue weighted by atomic mass is 16.2. The molecule has 0 radical (unpaired) electrons. The normalized spacial score (nSPS) is 21.5. The third-order valence-corrected chi connectivity index (χ3v) is 2.46. The van der Waals surface area contributed by atoms with Crippen LogP contribution in [0.2, 0.25) is 0 Å². The smallest absolute Gasteiger partial charge is 0.252 e. The van der Waals surface area contributed by atoms with Crippen molar-refractivity contribution < 1.29 is 19.2 Å². The van der Waals surface area contributed by atoms with Crippen LogP contribution in [-0.2, 0) is 19.2 Å². The number of nitrogens with two attached hydrogens (primary N) is 2. The number of likely N-dealkylation sites (N-methyl/N-ethyl adjacent to an activating group) is 1. The topological polar surface area (TPSA) is 136 Å². The zero-order valence-corrected chi connectivity index (χ0v) is 9.30. The standard InChI is InChI=1S/C9H14N4O4/c1-13-7(15)3-5(9(13)17)12-8(16)4(10)2-6(11)14/h4-5H,2-3,10H2,1H3,(H2,11,14)(H,12,16). The average Bonchev–Trinajstić information content (AvgIpc) is 2.45. The Labute approximate surface area is 97.3 Å². The van der Waals surface area contributed by atoms with Crippen molar-refractivity contribution in [2.45, 2.75) is 24.9 Å². The van der Waals surface area contributed by atoms with E-state index in [9.17, 15) is 19.2 Å². The van der Waals surface area contributed by atoms with Gasteiger partial charge < -0.3 is 16.8 Å². The molecule has 4 amide bonds. The summed E-state index contributed by atoms with van der Waals surface area (Å²) in [5, 5.41) is 2.31. The Morgan fingerprint density at radius 1 is 1.53 bits per heavy atom. The molecule has 5 N–H and O–H groups in total. The van der Waals surface area contributed by atoms with Crippen LogP contribution in [0.5, 0.6) is 0 Å². The number of likely N-dealkylation sites (tertiary alicyclic amines) is 1. The maximum Gasteiger partial charge on any atom is 0.252 e. The lowest BCUT2D eigenvalue weighted by Crippen LogP contribution is -2.49. The molecule has 0 aromatic rings. The summed E-state index contributed by atoms with van der Waals surface area (Å²) >= 11 is 0. The number of carbonyl (C=O) groups excluding carboxylic acids is 4. The molecule has 8 heteroatoms. The third-order valence-electron chi connectivity index (χ3n) is 2.46. The van der Waals surface area contributed by atoms with Crippen molar-refractivity contribution in [3.05, 3.63) is 0 Å². The number of imide groups is 1. The first-order valence-electron chi connectivity index (χ1n) is 4.97. The Morgan fingerprint density at radius 2 is 2.12 bits per heavy atom. The fourth-order valence-electron chi connectivity index (χ4n) is 1.46. The molecule has 0 spiro atoms. The summed E-state index contributed by atoms with van der Waals surface area (Å²) in [6, 6.07) is -2.01. The molecular formula is C9H14N4O4. The van der Waals surface area contributed by atoms with Gasteiger partial charge in [0.2, 0.25) is 17.7 Å². The van der Waals surface area contributed by atoms with Gasteiger partial charge >= 0.3 is 0 Å². The van der Waals surface area contributed by atoms with Gasteiger partial charge in [0.1, 0.15) is 6.04 Å². The maximum absolute atomic E-state index is 11.5. The predicted octanol–water partition coefficient (Wildman–Crippen LogP) is -2.94. The molecule has 2 atom stereocenters. The summed E-state index contributed by atoms with van der Waals surface area (Å²) in [6.45, 7) is 0. The molecule has 0 aliphatic carbocycles. The molecule has 94 valence electrons. The summed E-state index contributed by atoms with van der Waals surface area (Å²) < 4.78 is 0. The van der Waals surface area contributed by atoms with Gasteiger partial charge in [-0.3, -0.25) is 24.1 Å². The van der Waals surface area contributed by atoms with Gasteiger partial charge in [0, 0.05) is 7.05 Å². The zero-order chi connectivity index (χ0) is 13.2. The number of hydrogen-bond acceptors (Lipinski definition) is 5. The minimum absolute atomic E-state index is 0.0929. The fourth-order valence-corrected chi connectivity index (χ4v) is 1.46. The second-order valence-electron chi connectivity index (χ2n) is 3.83. The number of amides is 4. The van der Waals surface area contributed by atoms with Crippen molar-refractivity contribution in [3.8, 4) is 0 Å². The van der Waals surface area contributed by atoms with E-state index in [0.717, 1.165) is 4.90 Å². The number of carbonyl (C=O) groups is 4. The predicted molar refractivity (Wildman–Crippen MR) is 56.1 cm³/mol. The van der Waals surface area contributed by atoms with Crippen molar-refractivity contribution in [1.29, 1.82) is 0 Å². The number of primary amides is 1. The molecule has 17 heavy (non-hydrogen) atoms. The second-order valence-corrected chi connectivity index (χ2v) is 3.83. The number of rotatable bonds is 4. The molecule has 1 fully saturated rings. The van der Waals surface area contributed by atoms with Crippen LogP contribution in [0, 0.1) is 0 Å². The molecule has 8 nitrogen and oxygen atoms in total. The van der Waals surface area contributed by atoms with Crippen molar-refractivity contribution >= 4 is 23.6 Å². The lowest BCUT2D eigenvalue weighted by atomic mass is 10.1. The first-order chi connectivity index (χ1) is 7.82. The Kier molecular flexibility index (Phi) is 3.79. The Bertz CT molecular complexity index is 381. The molecule has 1 aliphatic heterocycles. The van der Waals surface area contributed by atoms with Crippen molar-refractivity contribution in [2.24, 2.45) is 11.5 Å². The molecule has 1 aliphatic rings. The van der Waals surface area contributed by atoms with E-state index in [1.807, 2.05) is 0 Å². The summed E-state index contributed by atoms with van der Waals surface area (Å²) in [4.78, 5) is 45.6. The van der Waals surface area contributed by atoms with Crippen LogP contribution < -0.4 is 16.8 Å². The summed E-state index contributed by atoms with van der Waals surface area (Å²) in [7, 11) is 1.33. The van der Waals surface area contributed by atoms with Crippen LogP contribution in [0.4, 0.5) is 0 Å². The molecule has 1 heterocycles. The van der Waals surface area contributed by atoms with Gasteiger partial charge in [0.05, 0.1) is 18.9 Å². The van der Waals surface area contributed by atoms with Crippen LogP contribution >= 0.6 is 0 Å². The van der Waals surface area contributed by atoms with Crippen LogP contribution in [0.1, 0.15) is 12.8 Å². The van der Waals surface area contributed by atoms with E-state index in [1.54, 1.807) is 0 Å². The minimum Gasteiger partial charge on any atom is -0.370 e. The number of hydrogen-bond donors (Lipinski definition) is 3. The molecule has 0 bridgehead atoms. The van der Waals surface area contributed by atoms with Crippen molar-refractivity contribution in [1.82, 2.24) is 10.2 Å². The number of nitrogens with one attached hydrogen (secondary N) is 1. The Morgan fingerprint density at radius 3 is 2.53 bits per heavy atom. The Balaban J connectivity index is 2.55.